The molecule has 0 spiro atoms. The molecule has 6 heteroatoms. The van der Waals surface area contributed by atoms with Gasteiger partial charge in [0.25, 0.3) is 0 Å². The molecule has 0 saturated carbocycles. The standard InChI is InChI=1S/C24H26FN3O2/c1-30-22-12-6-18(7-13-22)23-5-3-2-4-15-27(23)24(29)17-20-14-16-28(26-20)21-10-8-19(25)9-11-21/h6-14,16,23H,2-5,15,17H2,1H3/t23-/m0/s1. The first-order valence-corrected chi connectivity index (χ1v) is 10.4. The van der Waals surface area contributed by atoms with Crippen molar-refractivity contribution in [3.05, 3.63) is 77.9 Å². The summed E-state index contributed by atoms with van der Waals surface area (Å²) >= 11 is 0. The Labute approximate surface area is 176 Å². The van der Waals surface area contributed by atoms with Gasteiger partial charge in [-0.25, -0.2) is 9.07 Å². The third kappa shape index (κ3) is 4.53. The fraction of sp³-hybridized carbons (Fsp3) is 0.333. The largest absolute Gasteiger partial charge is 0.497 e. The molecule has 5 nitrogen and oxygen atoms in total. The lowest BCUT2D eigenvalue weighted by Gasteiger charge is -2.30. The van der Waals surface area contributed by atoms with Gasteiger partial charge >= 0.3 is 0 Å². The fourth-order valence-electron chi connectivity index (χ4n) is 4.03. The highest BCUT2D eigenvalue weighted by Gasteiger charge is 2.27. The van der Waals surface area contributed by atoms with Crippen molar-refractivity contribution in [1.82, 2.24) is 14.7 Å². The van der Waals surface area contributed by atoms with Crippen LogP contribution in [0.25, 0.3) is 5.69 Å². The summed E-state index contributed by atoms with van der Waals surface area (Å²) in [6, 6.07) is 16.1. The molecule has 0 bridgehead atoms. The van der Waals surface area contributed by atoms with Gasteiger partial charge in [0.1, 0.15) is 11.6 Å². The Hall–Kier alpha value is -3.15. The van der Waals surface area contributed by atoms with E-state index in [1.807, 2.05) is 23.1 Å². The van der Waals surface area contributed by atoms with Crippen LogP contribution in [0.4, 0.5) is 4.39 Å². The van der Waals surface area contributed by atoms with Crippen LogP contribution in [0.3, 0.4) is 0 Å². The van der Waals surface area contributed by atoms with Gasteiger partial charge in [-0.15, -0.1) is 0 Å². The molecule has 0 aliphatic carbocycles. The van der Waals surface area contributed by atoms with Crippen LogP contribution < -0.4 is 4.74 Å². The SMILES string of the molecule is COc1ccc([C@@H]2CCCCCN2C(=O)Cc2ccn(-c3ccc(F)cc3)n2)cc1. The Morgan fingerprint density at radius 2 is 1.83 bits per heavy atom. The number of carbonyl (C=O) groups is 1. The highest BCUT2D eigenvalue weighted by Crippen LogP contribution is 2.31. The third-order valence-corrected chi connectivity index (χ3v) is 5.64. The van der Waals surface area contributed by atoms with E-state index in [-0.39, 0.29) is 24.2 Å². The van der Waals surface area contributed by atoms with Crippen molar-refractivity contribution >= 4 is 5.91 Å². The van der Waals surface area contributed by atoms with E-state index in [1.165, 1.54) is 12.1 Å². The molecule has 1 aliphatic heterocycles. The number of amides is 1. The lowest BCUT2D eigenvalue weighted by molar-refractivity contribution is -0.133. The number of nitrogens with zero attached hydrogens (tertiary/aromatic N) is 3. The molecule has 1 aliphatic rings. The summed E-state index contributed by atoms with van der Waals surface area (Å²) in [4.78, 5) is 15.2. The Bertz CT molecular complexity index is 982. The van der Waals surface area contributed by atoms with Crippen LogP contribution in [0.5, 0.6) is 5.75 Å². The van der Waals surface area contributed by atoms with Gasteiger partial charge in [-0.2, -0.15) is 5.10 Å². The van der Waals surface area contributed by atoms with E-state index in [2.05, 4.69) is 17.2 Å². The van der Waals surface area contributed by atoms with Crippen molar-refractivity contribution in [2.75, 3.05) is 13.7 Å². The summed E-state index contributed by atoms with van der Waals surface area (Å²) in [5.74, 6) is 0.616. The van der Waals surface area contributed by atoms with Gasteiger partial charge in [-0.1, -0.05) is 25.0 Å². The fourth-order valence-corrected chi connectivity index (χ4v) is 4.03. The van der Waals surface area contributed by atoms with Crippen molar-refractivity contribution in [1.29, 1.82) is 0 Å². The maximum Gasteiger partial charge on any atom is 0.229 e. The summed E-state index contributed by atoms with van der Waals surface area (Å²) in [5, 5.41) is 4.52. The van der Waals surface area contributed by atoms with E-state index in [0.29, 0.717) is 5.69 Å². The van der Waals surface area contributed by atoms with Gasteiger partial charge in [-0.3, -0.25) is 4.79 Å². The van der Waals surface area contributed by atoms with Crippen LogP contribution in [-0.4, -0.2) is 34.2 Å². The molecule has 2 aromatic carbocycles. The Balaban J connectivity index is 1.50. The molecular weight excluding hydrogens is 381 g/mol. The zero-order chi connectivity index (χ0) is 20.9. The third-order valence-electron chi connectivity index (χ3n) is 5.64. The Kier molecular flexibility index (Phi) is 6.12. The zero-order valence-corrected chi connectivity index (χ0v) is 17.1. The normalized spacial score (nSPS) is 16.9. The molecule has 0 N–H and O–H groups in total. The number of hydrogen-bond acceptors (Lipinski definition) is 3. The molecule has 1 fully saturated rings. The van der Waals surface area contributed by atoms with Crippen LogP contribution >= 0.6 is 0 Å². The molecule has 0 radical (unpaired) electrons. The predicted octanol–water partition coefficient (Wildman–Crippen LogP) is 4.71. The Morgan fingerprint density at radius 1 is 1.07 bits per heavy atom. The van der Waals surface area contributed by atoms with Crippen molar-refractivity contribution in [2.45, 2.75) is 38.1 Å². The molecular formula is C24H26FN3O2. The van der Waals surface area contributed by atoms with Crippen LogP contribution in [0.15, 0.2) is 60.8 Å². The van der Waals surface area contributed by atoms with Gasteiger partial charge in [-0.05, 0) is 60.9 Å². The average molecular weight is 407 g/mol. The Morgan fingerprint density at radius 3 is 2.57 bits per heavy atom. The lowest BCUT2D eigenvalue weighted by Crippen LogP contribution is -2.36. The number of carbonyl (C=O) groups excluding carboxylic acids is 1. The molecule has 3 aromatic rings. The van der Waals surface area contributed by atoms with Crippen LogP contribution in [0.2, 0.25) is 0 Å². The van der Waals surface area contributed by atoms with Crippen molar-refractivity contribution < 1.29 is 13.9 Å². The van der Waals surface area contributed by atoms with Gasteiger partial charge < -0.3 is 9.64 Å². The van der Waals surface area contributed by atoms with Gasteiger partial charge in [0.05, 0.1) is 31.0 Å². The zero-order valence-electron chi connectivity index (χ0n) is 17.1. The van der Waals surface area contributed by atoms with Crippen LogP contribution in [0.1, 0.15) is 43.0 Å². The first-order chi connectivity index (χ1) is 14.6. The number of hydrogen-bond donors (Lipinski definition) is 0. The van der Waals surface area contributed by atoms with Crippen LogP contribution in [0, 0.1) is 5.82 Å². The minimum atomic E-state index is -0.285. The molecule has 0 unspecified atom stereocenters. The maximum atomic E-state index is 13.2. The quantitative estimate of drug-likeness (QED) is 0.616. The van der Waals surface area contributed by atoms with E-state index in [1.54, 1.807) is 30.1 Å². The van der Waals surface area contributed by atoms with Gasteiger partial charge in [0.2, 0.25) is 5.91 Å². The first-order valence-electron chi connectivity index (χ1n) is 10.4. The van der Waals surface area contributed by atoms with E-state index in [4.69, 9.17) is 4.74 Å². The summed E-state index contributed by atoms with van der Waals surface area (Å²) in [6.45, 7) is 0.758. The number of benzene rings is 2. The molecule has 30 heavy (non-hydrogen) atoms. The van der Waals surface area contributed by atoms with Crippen molar-refractivity contribution in [2.24, 2.45) is 0 Å². The topological polar surface area (TPSA) is 47.4 Å². The first kappa shape index (κ1) is 20.1. The molecule has 2 heterocycles. The molecule has 1 amide bonds. The van der Waals surface area contributed by atoms with Crippen LogP contribution in [-0.2, 0) is 11.2 Å². The maximum absolute atomic E-state index is 13.2. The van der Waals surface area contributed by atoms with Crippen molar-refractivity contribution in [3.8, 4) is 11.4 Å². The summed E-state index contributed by atoms with van der Waals surface area (Å²) < 4.78 is 20.1. The highest BCUT2D eigenvalue weighted by atomic mass is 19.1. The summed E-state index contributed by atoms with van der Waals surface area (Å²) in [6.07, 6.45) is 6.28. The molecule has 4 rings (SSSR count). The van der Waals surface area contributed by atoms with E-state index in [0.717, 1.165) is 49.2 Å². The smallest absolute Gasteiger partial charge is 0.229 e. The van der Waals surface area contributed by atoms with E-state index >= 15 is 0 Å². The number of likely N-dealkylation sites (tertiary alicyclic amines) is 1. The second-order valence-corrected chi connectivity index (χ2v) is 7.63. The predicted molar refractivity (Wildman–Crippen MR) is 113 cm³/mol. The summed E-state index contributed by atoms with van der Waals surface area (Å²) in [5.41, 5.74) is 2.62. The molecule has 1 aromatic heterocycles. The number of methoxy groups -OCH3 is 1. The second kappa shape index (κ2) is 9.11. The molecule has 156 valence electrons. The lowest BCUT2D eigenvalue weighted by atomic mass is 10.00. The minimum absolute atomic E-state index is 0.0742. The number of halogens is 1. The second-order valence-electron chi connectivity index (χ2n) is 7.63. The average Bonchev–Trinajstić information content (AvgIpc) is 3.09. The highest BCUT2D eigenvalue weighted by molar-refractivity contribution is 5.79. The monoisotopic (exact) mass is 407 g/mol. The van der Waals surface area contributed by atoms with E-state index < -0.39 is 0 Å². The molecule has 1 saturated heterocycles. The number of ether oxygens (including phenoxy) is 1. The molecule has 1 atom stereocenters. The van der Waals surface area contributed by atoms with Crippen molar-refractivity contribution in [3.63, 3.8) is 0 Å². The number of aromatic nitrogens is 2. The minimum Gasteiger partial charge on any atom is -0.497 e. The van der Waals surface area contributed by atoms with Gasteiger partial charge in [0, 0.05) is 12.7 Å². The van der Waals surface area contributed by atoms with Gasteiger partial charge in [0.15, 0.2) is 0 Å². The summed E-state index contributed by atoms with van der Waals surface area (Å²) in [7, 11) is 1.65. The van der Waals surface area contributed by atoms with E-state index in [9.17, 15) is 9.18 Å². The number of rotatable bonds is 5.